The second-order valence-electron chi connectivity index (χ2n) is 5.66. The highest BCUT2D eigenvalue weighted by molar-refractivity contribution is 6.30. The van der Waals surface area contributed by atoms with Crippen LogP contribution in [0.2, 0.25) is 5.02 Å². The molecule has 3 rings (SSSR count). The number of fused-ring (bicyclic) bond motifs is 1. The van der Waals surface area contributed by atoms with Crippen LogP contribution < -0.4 is 5.32 Å². The van der Waals surface area contributed by atoms with Crippen molar-refractivity contribution in [3.63, 3.8) is 0 Å². The highest BCUT2D eigenvalue weighted by Crippen LogP contribution is 2.28. The number of carbonyl (C=O) groups is 1. The standard InChI is InChI=1S/C15H20ClN3O/c1-18-4-6-19(7-5-18)15(20)14-10-17-9-11-8-12(16)2-3-13(11)14/h2-3,8,14,17H,4-7,9-10H2,1H3. The van der Waals surface area contributed by atoms with E-state index in [0.717, 1.165) is 55.4 Å². The monoisotopic (exact) mass is 293 g/mol. The van der Waals surface area contributed by atoms with Gasteiger partial charge in [-0.2, -0.15) is 0 Å². The average molecular weight is 294 g/mol. The van der Waals surface area contributed by atoms with Crippen LogP contribution in [0, 0.1) is 0 Å². The fourth-order valence-electron chi connectivity index (χ4n) is 3.00. The number of hydrogen-bond acceptors (Lipinski definition) is 3. The molecule has 4 nitrogen and oxygen atoms in total. The molecule has 1 amide bonds. The van der Waals surface area contributed by atoms with Crippen molar-refractivity contribution in [1.29, 1.82) is 0 Å². The van der Waals surface area contributed by atoms with E-state index < -0.39 is 0 Å². The van der Waals surface area contributed by atoms with Gasteiger partial charge in [0.15, 0.2) is 0 Å². The summed E-state index contributed by atoms with van der Waals surface area (Å²) < 4.78 is 0. The lowest BCUT2D eigenvalue weighted by atomic mass is 9.89. The summed E-state index contributed by atoms with van der Waals surface area (Å²) in [4.78, 5) is 17.0. The summed E-state index contributed by atoms with van der Waals surface area (Å²) in [7, 11) is 2.10. The maximum Gasteiger partial charge on any atom is 0.231 e. The van der Waals surface area contributed by atoms with Crippen LogP contribution in [0.5, 0.6) is 0 Å². The molecule has 0 aromatic heterocycles. The average Bonchev–Trinajstić information content (AvgIpc) is 2.46. The van der Waals surface area contributed by atoms with Crippen LogP contribution in [0.4, 0.5) is 0 Å². The number of halogens is 1. The molecule has 2 aliphatic rings. The van der Waals surface area contributed by atoms with E-state index in [0.29, 0.717) is 0 Å². The quantitative estimate of drug-likeness (QED) is 0.848. The molecular weight excluding hydrogens is 274 g/mol. The molecule has 108 valence electrons. The lowest BCUT2D eigenvalue weighted by Gasteiger charge is -2.36. The minimum Gasteiger partial charge on any atom is -0.340 e. The summed E-state index contributed by atoms with van der Waals surface area (Å²) >= 11 is 6.04. The van der Waals surface area contributed by atoms with Crippen molar-refractivity contribution in [3.8, 4) is 0 Å². The molecule has 0 saturated carbocycles. The highest BCUT2D eigenvalue weighted by atomic mass is 35.5. The molecule has 0 radical (unpaired) electrons. The number of likely N-dealkylation sites (N-methyl/N-ethyl adjacent to an activating group) is 1. The van der Waals surface area contributed by atoms with Crippen LogP contribution in [-0.2, 0) is 11.3 Å². The topological polar surface area (TPSA) is 35.6 Å². The third-order valence-electron chi connectivity index (χ3n) is 4.26. The van der Waals surface area contributed by atoms with Gasteiger partial charge in [-0.3, -0.25) is 4.79 Å². The van der Waals surface area contributed by atoms with Crippen LogP contribution in [0.3, 0.4) is 0 Å². The van der Waals surface area contributed by atoms with Crippen LogP contribution in [-0.4, -0.2) is 55.5 Å². The third kappa shape index (κ3) is 2.68. The second kappa shape index (κ2) is 5.72. The summed E-state index contributed by atoms with van der Waals surface area (Å²) in [6.45, 7) is 5.09. The summed E-state index contributed by atoms with van der Waals surface area (Å²) in [5.41, 5.74) is 2.29. The van der Waals surface area contributed by atoms with E-state index in [2.05, 4.69) is 17.3 Å². The van der Waals surface area contributed by atoms with Gasteiger partial charge in [0.05, 0.1) is 5.92 Å². The molecule has 0 aliphatic carbocycles. The van der Waals surface area contributed by atoms with E-state index in [4.69, 9.17) is 11.6 Å². The molecule has 0 spiro atoms. The van der Waals surface area contributed by atoms with E-state index in [1.165, 1.54) is 0 Å². The van der Waals surface area contributed by atoms with Crippen LogP contribution in [0.25, 0.3) is 0 Å². The van der Waals surface area contributed by atoms with E-state index in [9.17, 15) is 4.79 Å². The number of benzene rings is 1. The lowest BCUT2D eigenvalue weighted by molar-refractivity contribution is -0.134. The van der Waals surface area contributed by atoms with Crippen molar-refractivity contribution < 1.29 is 4.79 Å². The van der Waals surface area contributed by atoms with Gasteiger partial charge < -0.3 is 15.1 Å². The minimum absolute atomic E-state index is 0.0700. The molecule has 20 heavy (non-hydrogen) atoms. The van der Waals surface area contributed by atoms with Gasteiger partial charge in [-0.05, 0) is 30.3 Å². The Morgan fingerprint density at radius 2 is 2.05 bits per heavy atom. The van der Waals surface area contributed by atoms with Crippen LogP contribution in [0.1, 0.15) is 17.0 Å². The first kappa shape index (κ1) is 13.9. The predicted molar refractivity (Wildman–Crippen MR) is 80.0 cm³/mol. The molecule has 0 bridgehead atoms. The Hall–Kier alpha value is -1.10. The van der Waals surface area contributed by atoms with Crippen molar-refractivity contribution in [2.75, 3.05) is 39.8 Å². The Morgan fingerprint density at radius 3 is 2.80 bits per heavy atom. The van der Waals surface area contributed by atoms with Crippen molar-refractivity contribution in [1.82, 2.24) is 15.1 Å². The molecule has 1 aromatic rings. The number of amides is 1. The normalized spacial score (nSPS) is 23.5. The molecule has 1 N–H and O–H groups in total. The van der Waals surface area contributed by atoms with E-state index >= 15 is 0 Å². The van der Waals surface area contributed by atoms with Crippen molar-refractivity contribution in [2.45, 2.75) is 12.5 Å². The molecule has 1 unspecified atom stereocenters. The second-order valence-corrected chi connectivity index (χ2v) is 6.09. The Kier molecular flexibility index (Phi) is 3.96. The van der Waals surface area contributed by atoms with Gasteiger partial charge in [0.2, 0.25) is 5.91 Å². The smallest absolute Gasteiger partial charge is 0.231 e. The number of nitrogens with one attached hydrogen (secondary N) is 1. The van der Waals surface area contributed by atoms with Gasteiger partial charge in [0.25, 0.3) is 0 Å². The Balaban J connectivity index is 1.80. The summed E-state index contributed by atoms with van der Waals surface area (Å²) in [6, 6.07) is 5.86. The molecule has 1 atom stereocenters. The van der Waals surface area contributed by atoms with Gasteiger partial charge in [0.1, 0.15) is 0 Å². The Labute approximate surface area is 124 Å². The molecule has 2 aliphatic heterocycles. The van der Waals surface area contributed by atoms with Crippen molar-refractivity contribution in [2.24, 2.45) is 0 Å². The zero-order chi connectivity index (χ0) is 14.1. The Bertz CT molecular complexity index is 512. The highest BCUT2D eigenvalue weighted by Gasteiger charge is 2.31. The first-order valence-corrected chi connectivity index (χ1v) is 7.49. The zero-order valence-corrected chi connectivity index (χ0v) is 12.5. The van der Waals surface area contributed by atoms with Gasteiger partial charge >= 0.3 is 0 Å². The largest absolute Gasteiger partial charge is 0.340 e. The first-order valence-electron chi connectivity index (χ1n) is 7.11. The minimum atomic E-state index is -0.0700. The summed E-state index contributed by atoms with van der Waals surface area (Å²) in [5.74, 6) is 0.174. The third-order valence-corrected chi connectivity index (χ3v) is 4.49. The van der Waals surface area contributed by atoms with E-state index in [1.807, 2.05) is 23.1 Å². The fourth-order valence-corrected chi connectivity index (χ4v) is 3.19. The van der Waals surface area contributed by atoms with Gasteiger partial charge in [-0.1, -0.05) is 17.7 Å². The number of hydrogen-bond donors (Lipinski definition) is 1. The first-order chi connectivity index (χ1) is 9.65. The molecule has 2 heterocycles. The van der Waals surface area contributed by atoms with Gasteiger partial charge in [-0.25, -0.2) is 0 Å². The molecule has 1 aromatic carbocycles. The molecule has 5 heteroatoms. The number of carbonyl (C=O) groups excluding carboxylic acids is 1. The lowest BCUT2D eigenvalue weighted by Crippen LogP contribution is -2.50. The van der Waals surface area contributed by atoms with Gasteiger partial charge in [0, 0.05) is 44.3 Å². The van der Waals surface area contributed by atoms with Crippen molar-refractivity contribution >= 4 is 17.5 Å². The van der Waals surface area contributed by atoms with E-state index in [1.54, 1.807) is 0 Å². The maximum atomic E-state index is 12.7. The zero-order valence-electron chi connectivity index (χ0n) is 11.7. The molecule has 1 saturated heterocycles. The van der Waals surface area contributed by atoms with Crippen LogP contribution >= 0.6 is 11.6 Å². The molecular formula is C15H20ClN3O. The Morgan fingerprint density at radius 1 is 1.30 bits per heavy atom. The maximum absolute atomic E-state index is 12.7. The molecule has 1 fully saturated rings. The van der Waals surface area contributed by atoms with Gasteiger partial charge in [-0.15, -0.1) is 0 Å². The SMILES string of the molecule is CN1CCN(C(=O)C2CNCc3cc(Cl)ccc32)CC1. The van der Waals surface area contributed by atoms with E-state index in [-0.39, 0.29) is 11.8 Å². The predicted octanol–water partition coefficient (Wildman–Crippen LogP) is 1.30. The van der Waals surface area contributed by atoms with Crippen LogP contribution in [0.15, 0.2) is 18.2 Å². The number of rotatable bonds is 1. The fraction of sp³-hybridized carbons (Fsp3) is 0.533. The number of nitrogens with zero attached hydrogens (tertiary/aromatic N) is 2. The van der Waals surface area contributed by atoms with Crippen molar-refractivity contribution in [3.05, 3.63) is 34.3 Å². The summed E-state index contributed by atoms with van der Waals surface area (Å²) in [6.07, 6.45) is 0. The number of piperazine rings is 1. The summed E-state index contributed by atoms with van der Waals surface area (Å²) in [5, 5.41) is 4.06.